The number of hydrogen-bond donors (Lipinski definition) is 1. The molecule has 0 atom stereocenters. The molecule has 3 rings (SSSR count). The molecule has 1 N–H and O–H groups in total. The van der Waals surface area contributed by atoms with E-state index < -0.39 is 29.0 Å². The number of benzene rings is 2. The summed E-state index contributed by atoms with van der Waals surface area (Å²) in [4.78, 5) is 12.0. The van der Waals surface area contributed by atoms with E-state index in [4.69, 9.17) is 4.74 Å². The maximum atomic E-state index is 13.6. The van der Waals surface area contributed by atoms with Gasteiger partial charge in [0.25, 0.3) is 0 Å². The van der Waals surface area contributed by atoms with Crippen molar-refractivity contribution in [2.24, 2.45) is 0 Å². The molecular formula is C17H13F3N4O2S. The van der Waals surface area contributed by atoms with Crippen LogP contribution in [0.2, 0.25) is 0 Å². The summed E-state index contributed by atoms with van der Waals surface area (Å²) in [7, 11) is 1.54. The first-order valence-corrected chi connectivity index (χ1v) is 8.58. The second-order valence-electron chi connectivity index (χ2n) is 5.24. The number of carbonyl (C=O) groups is 1. The smallest absolute Gasteiger partial charge is 0.234 e. The lowest BCUT2D eigenvalue weighted by atomic mass is 10.3. The number of carbonyl (C=O) groups excluding carboxylic acids is 1. The third-order valence-electron chi connectivity index (χ3n) is 3.49. The standard InChI is InChI=1S/C17H13F3N4O2S/c1-26-11-4-2-3-10(7-11)24-9-21-23-17(24)27-8-14(25)22-13-6-5-12(18)15(19)16(13)20/h2-7,9H,8H2,1H3,(H,22,25). The second kappa shape index (κ2) is 8.12. The lowest BCUT2D eigenvalue weighted by Gasteiger charge is -2.09. The van der Waals surface area contributed by atoms with Gasteiger partial charge in [0.1, 0.15) is 12.1 Å². The zero-order valence-corrected chi connectivity index (χ0v) is 14.8. The van der Waals surface area contributed by atoms with E-state index >= 15 is 0 Å². The number of nitrogens with one attached hydrogen (secondary N) is 1. The number of methoxy groups -OCH3 is 1. The summed E-state index contributed by atoms with van der Waals surface area (Å²) < 4.78 is 46.6. The Morgan fingerprint density at radius 1 is 1.22 bits per heavy atom. The quantitative estimate of drug-likeness (QED) is 0.513. The van der Waals surface area contributed by atoms with Crippen molar-refractivity contribution in [2.45, 2.75) is 5.16 Å². The number of nitrogens with zero attached hydrogens (tertiary/aromatic N) is 3. The number of halogens is 3. The highest BCUT2D eigenvalue weighted by molar-refractivity contribution is 7.99. The number of thioether (sulfide) groups is 1. The molecule has 3 aromatic rings. The number of aromatic nitrogens is 3. The first-order valence-electron chi connectivity index (χ1n) is 7.60. The first kappa shape index (κ1) is 18.8. The Morgan fingerprint density at radius 2 is 2.04 bits per heavy atom. The van der Waals surface area contributed by atoms with Gasteiger partial charge in [-0.05, 0) is 24.3 Å². The van der Waals surface area contributed by atoms with Crippen molar-refractivity contribution in [3.05, 3.63) is 60.2 Å². The van der Waals surface area contributed by atoms with Crippen LogP contribution in [0.3, 0.4) is 0 Å². The Labute approximate surface area is 156 Å². The molecule has 1 aromatic heterocycles. The molecule has 1 heterocycles. The largest absolute Gasteiger partial charge is 0.497 e. The fourth-order valence-corrected chi connectivity index (χ4v) is 2.93. The number of ether oxygens (including phenoxy) is 1. The average molecular weight is 394 g/mol. The summed E-state index contributed by atoms with van der Waals surface area (Å²) in [6.45, 7) is 0. The molecule has 0 radical (unpaired) electrons. The molecule has 0 fully saturated rings. The third-order valence-corrected chi connectivity index (χ3v) is 4.43. The normalized spacial score (nSPS) is 10.7. The summed E-state index contributed by atoms with van der Waals surface area (Å²) >= 11 is 1.05. The van der Waals surface area contributed by atoms with Crippen molar-refractivity contribution in [3.63, 3.8) is 0 Å². The molecule has 0 saturated heterocycles. The maximum Gasteiger partial charge on any atom is 0.234 e. The van der Waals surface area contributed by atoms with Crippen LogP contribution < -0.4 is 10.1 Å². The second-order valence-corrected chi connectivity index (χ2v) is 6.19. The van der Waals surface area contributed by atoms with Crippen molar-refractivity contribution in [2.75, 3.05) is 18.2 Å². The third kappa shape index (κ3) is 4.22. The van der Waals surface area contributed by atoms with Gasteiger partial charge in [-0.15, -0.1) is 10.2 Å². The van der Waals surface area contributed by atoms with Crippen molar-refractivity contribution < 1.29 is 22.7 Å². The Bertz CT molecular complexity index is 981. The maximum absolute atomic E-state index is 13.6. The van der Waals surface area contributed by atoms with E-state index in [1.807, 2.05) is 6.07 Å². The SMILES string of the molecule is COc1cccc(-n2cnnc2SCC(=O)Nc2ccc(F)c(F)c2F)c1. The number of amides is 1. The van der Waals surface area contributed by atoms with Gasteiger partial charge < -0.3 is 10.1 Å². The highest BCUT2D eigenvalue weighted by Crippen LogP contribution is 2.23. The van der Waals surface area contributed by atoms with Crippen LogP contribution in [0.15, 0.2) is 47.9 Å². The molecular weight excluding hydrogens is 381 g/mol. The van der Waals surface area contributed by atoms with Crippen LogP contribution in [-0.4, -0.2) is 33.5 Å². The van der Waals surface area contributed by atoms with Crippen LogP contribution in [0.5, 0.6) is 5.75 Å². The minimum Gasteiger partial charge on any atom is -0.497 e. The number of anilines is 1. The van der Waals surface area contributed by atoms with Crippen molar-refractivity contribution in [1.29, 1.82) is 0 Å². The minimum absolute atomic E-state index is 0.138. The molecule has 0 aliphatic carbocycles. The Balaban J connectivity index is 1.68. The van der Waals surface area contributed by atoms with Crippen LogP contribution in [0.1, 0.15) is 0 Å². The molecule has 10 heteroatoms. The topological polar surface area (TPSA) is 69.0 Å². The Kier molecular flexibility index (Phi) is 5.65. The molecule has 0 spiro atoms. The monoisotopic (exact) mass is 394 g/mol. The molecule has 27 heavy (non-hydrogen) atoms. The molecule has 140 valence electrons. The molecule has 0 aliphatic heterocycles. The van der Waals surface area contributed by atoms with Crippen LogP contribution >= 0.6 is 11.8 Å². The number of rotatable bonds is 6. The lowest BCUT2D eigenvalue weighted by molar-refractivity contribution is -0.113. The zero-order valence-electron chi connectivity index (χ0n) is 13.9. The van der Waals surface area contributed by atoms with Crippen LogP contribution in [0, 0.1) is 17.5 Å². The van der Waals surface area contributed by atoms with Crippen molar-refractivity contribution in [3.8, 4) is 11.4 Å². The summed E-state index contributed by atoms with van der Waals surface area (Å²) in [5, 5.41) is 10.4. The summed E-state index contributed by atoms with van der Waals surface area (Å²) in [5.74, 6) is -4.52. The van der Waals surface area contributed by atoms with Crippen LogP contribution in [0.4, 0.5) is 18.9 Å². The van der Waals surface area contributed by atoms with Gasteiger partial charge in [0, 0.05) is 6.07 Å². The van der Waals surface area contributed by atoms with E-state index in [1.165, 1.54) is 6.33 Å². The van der Waals surface area contributed by atoms with Gasteiger partial charge in [-0.3, -0.25) is 9.36 Å². The molecule has 0 saturated carbocycles. The van der Waals surface area contributed by atoms with Gasteiger partial charge >= 0.3 is 0 Å². The van der Waals surface area contributed by atoms with E-state index in [1.54, 1.807) is 29.9 Å². The summed E-state index contributed by atoms with van der Waals surface area (Å²) in [6.07, 6.45) is 1.48. The van der Waals surface area contributed by atoms with E-state index in [-0.39, 0.29) is 5.75 Å². The minimum atomic E-state index is -1.64. The molecule has 0 unspecified atom stereocenters. The molecule has 6 nitrogen and oxygen atoms in total. The fraction of sp³-hybridized carbons (Fsp3) is 0.118. The molecule has 2 aromatic carbocycles. The van der Waals surface area contributed by atoms with E-state index in [9.17, 15) is 18.0 Å². The lowest BCUT2D eigenvalue weighted by Crippen LogP contribution is -2.16. The Hall–Kier alpha value is -3.01. The van der Waals surface area contributed by atoms with Gasteiger partial charge in [-0.25, -0.2) is 13.2 Å². The van der Waals surface area contributed by atoms with Gasteiger partial charge in [0.05, 0.1) is 24.2 Å². The number of hydrogen-bond acceptors (Lipinski definition) is 5. The van der Waals surface area contributed by atoms with Crippen molar-refractivity contribution >= 4 is 23.4 Å². The Morgan fingerprint density at radius 3 is 2.81 bits per heavy atom. The highest BCUT2D eigenvalue weighted by atomic mass is 32.2. The van der Waals surface area contributed by atoms with E-state index in [2.05, 4.69) is 15.5 Å². The molecule has 0 bridgehead atoms. The van der Waals surface area contributed by atoms with Crippen LogP contribution in [0.25, 0.3) is 5.69 Å². The van der Waals surface area contributed by atoms with Gasteiger partial charge in [0.2, 0.25) is 5.91 Å². The molecule has 1 amide bonds. The van der Waals surface area contributed by atoms with Gasteiger partial charge in [-0.1, -0.05) is 17.8 Å². The van der Waals surface area contributed by atoms with E-state index in [0.29, 0.717) is 10.9 Å². The first-order chi connectivity index (χ1) is 13.0. The van der Waals surface area contributed by atoms with Crippen LogP contribution in [-0.2, 0) is 4.79 Å². The summed E-state index contributed by atoms with van der Waals surface area (Å²) in [5.41, 5.74) is 0.294. The van der Waals surface area contributed by atoms with Gasteiger partial charge in [-0.2, -0.15) is 0 Å². The molecule has 0 aliphatic rings. The zero-order chi connectivity index (χ0) is 19.4. The van der Waals surface area contributed by atoms with E-state index in [0.717, 1.165) is 29.6 Å². The predicted molar refractivity (Wildman–Crippen MR) is 93.6 cm³/mol. The highest BCUT2D eigenvalue weighted by Gasteiger charge is 2.16. The fourth-order valence-electron chi connectivity index (χ4n) is 2.20. The van der Waals surface area contributed by atoms with Crippen molar-refractivity contribution in [1.82, 2.24) is 14.8 Å². The predicted octanol–water partition coefficient (Wildman–Crippen LogP) is 3.42. The van der Waals surface area contributed by atoms with Gasteiger partial charge in [0.15, 0.2) is 22.6 Å². The average Bonchev–Trinajstić information content (AvgIpc) is 3.15. The summed E-state index contributed by atoms with van der Waals surface area (Å²) in [6, 6.07) is 8.85.